The molecule has 1 aliphatic rings. The summed E-state index contributed by atoms with van der Waals surface area (Å²) in [7, 11) is 0. The van der Waals surface area contributed by atoms with Gasteiger partial charge in [0.15, 0.2) is 29.1 Å². The van der Waals surface area contributed by atoms with Gasteiger partial charge in [-0.3, -0.25) is 0 Å². The van der Waals surface area contributed by atoms with Gasteiger partial charge in [0.1, 0.15) is 17.1 Å². The van der Waals surface area contributed by atoms with Crippen molar-refractivity contribution in [1.82, 2.24) is 0 Å². The van der Waals surface area contributed by atoms with E-state index in [2.05, 4.69) is 4.74 Å². The van der Waals surface area contributed by atoms with Gasteiger partial charge in [-0.15, -0.1) is 0 Å². The van der Waals surface area contributed by atoms with Crippen molar-refractivity contribution in [3.8, 4) is 5.75 Å². The normalized spacial score (nSPS) is 17.6. The Morgan fingerprint density at radius 1 is 0.763 bits per heavy atom. The maximum absolute atomic E-state index is 14.8. The number of halogens is 8. The lowest BCUT2D eigenvalue weighted by Crippen LogP contribution is -2.24. The zero-order valence-corrected chi connectivity index (χ0v) is 20.3. The molecule has 3 aromatic carbocycles. The molecule has 9 heteroatoms. The summed E-state index contributed by atoms with van der Waals surface area (Å²) in [5, 5.41) is 0. The van der Waals surface area contributed by atoms with Crippen LogP contribution in [0.25, 0.3) is 0 Å². The molecule has 1 aliphatic carbocycles. The lowest BCUT2D eigenvalue weighted by molar-refractivity contribution is -0.187. The van der Waals surface area contributed by atoms with Gasteiger partial charge in [-0.05, 0) is 79.0 Å². The highest BCUT2D eigenvalue weighted by atomic mass is 19.3. The molecule has 0 aliphatic heterocycles. The van der Waals surface area contributed by atoms with E-state index in [0.29, 0.717) is 18.4 Å². The molecular formula is C29H24F8O. The van der Waals surface area contributed by atoms with Crippen molar-refractivity contribution >= 4 is 0 Å². The average Bonchev–Trinajstić information content (AvgIpc) is 2.88. The minimum absolute atomic E-state index is 0.0123. The first-order valence-corrected chi connectivity index (χ1v) is 12.2. The van der Waals surface area contributed by atoms with Gasteiger partial charge in [-0.2, -0.15) is 8.78 Å². The maximum Gasteiger partial charge on any atom is 0.429 e. The number of alkyl halides is 2. The van der Waals surface area contributed by atoms with Crippen molar-refractivity contribution in [2.45, 2.75) is 51.1 Å². The molecule has 0 bridgehead atoms. The summed E-state index contributed by atoms with van der Waals surface area (Å²) in [5.74, 6) is -9.20. The standard InChI is InChI=1S/C29H24F8O/c1-2-16-3-6-18(7-4-16)21-11-12-22(27(34)26(21)33)29(36,37)38-20-10-9-19(23(30)15-20)8-5-17-13-24(31)28(35)25(32)14-17/h3,6,9-16,18H,2,4-5,7-8H2,1H3. The third kappa shape index (κ3) is 5.87. The Morgan fingerprint density at radius 2 is 1.47 bits per heavy atom. The fourth-order valence-corrected chi connectivity index (χ4v) is 4.58. The van der Waals surface area contributed by atoms with Crippen molar-refractivity contribution in [1.29, 1.82) is 0 Å². The molecule has 0 radical (unpaired) electrons. The Labute approximate surface area is 214 Å². The zero-order chi connectivity index (χ0) is 27.6. The number of ether oxygens (including phenoxy) is 1. The Kier molecular flexibility index (Phi) is 8.13. The molecular weight excluding hydrogens is 516 g/mol. The first-order chi connectivity index (χ1) is 18.0. The summed E-state index contributed by atoms with van der Waals surface area (Å²) in [6.07, 6.45) is 1.49. The van der Waals surface area contributed by atoms with Crippen molar-refractivity contribution in [2.75, 3.05) is 0 Å². The van der Waals surface area contributed by atoms with E-state index in [-0.39, 0.29) is 29.5 Å². The fourth-order valence-electron chi connectivity index (χ4n) is 4.58. The van der Waals surface area contributed by atoms with Crippen LogP contribution in [-0.4, -0.2) is 0 Å². The van der Waals surface area contributed by atoms with Gasteiger partial charge >= 0.3 is 6.11 Å². The summed E-state index contributed by atoms with van der Waals surface area (Å²) in [5.41, 5.74) is -1.26. The molecule has 1 nitrogen and oxygen atoms in total. The molecule has 0 N–H and O–H groups in total. The van der Waals surface area contributed by atoms with Gasteiger partial charge in [0.25, 0.3) is 0 Å². The third-order valence-electron chi connectivity index (χ3n) is 6.81. The Balaban J connectivity index is 1.48. The molecule has 0 saturated heterocycles. The van der Waals surface area contributed by atoms with Gasteiger partial charge < -0.3 is 4.74 Å². The van der Waals surface area contributed by atoms with Gasteiger partial charge in [-0.25, -0.2) is 26.3 Å². The third-order valence-corrected chi connectivity index (χ3v) is 6.81. The predicted molar refractivity (Wildman–Crippen MR) is 126 cm³/mol. The summed E-state index contributed by atoms with van der Waals surface area (Å²) >= 11 is 0. The molecule has 2 atom stereocenters. The van der Waals surface area contributed by atoms with E-state index in [9.17, 15) is 35.1 Å². The summed E-state index contributed by atoms with van der Waals surface area (Å²) in [4.78, 5) is 0. The number of aryl methyl sites for hydroxylation is 2. The molecule has 38 heavy (non-hydrogen) atoms. The number of benzene rings is 3. The quantitative estimate of drug-likeness (QED) is 0.158. The lowest BCUT2D eigenvalue weighted by atomic mass is 9.83. The van der Waals surface area contributed by atoms with Crippen LogP contribution in [0.2, 0.25) is 0 Å². The molecule has 2 unspecified atom stereocenters. The first kappa shape index (κ1) is 27.7. The van der Waals surface area contributed by atoms with Crippen LogP contribution in [0.3, 0.4) is 0 Å². The van der Waals surface area contributed by atoms with Crippen LogP contribution >= 0.6 is 0 Å². The van der Waals surface area contributed by atoms with Crippen LogP contribution in [0.4, 0.5) is 35.1 Å². The lowest BCUT2D eigenvalue weighted by Gasteiger charge is -2.24. The number of hydrogen-bond acceptors (Lipinski definition) is 1. The van der Waals surface area contributed by atoms with Crippen LogP contribution in [-0.2, 0) is 19.0 Å². The largest absolute Gasteiger partial charge is 0.429 e. The Bertz CT molecular complexity index is 1330. The van der Waals surface area contributed by atoms with Crippen molar-refractivity contribution < 1.29 is 39.9 Å². The fraction of sp³-hybridized carbons (Fsp3) is 0.310. The number of hydrogen-bond donors (Lipinski definition) is 0. The summed E-state index contributed by atoms with van der Waals surface area (Å²) < 4.78 is 118. The van der Waals surface area contributed by atoms with E-state index in [1.807, 2.05) is 13.0 Å². The predicted octanol–water partition coefficient (Wildman–Crippen LogP) is 8.89. The number of allylic oxidation sites excluding steroid dienone is 2. The molecule has 202 valence electrons. The van der Waals surface area contributed by atoms with Gasteiger partial charge in [0.2, 0.25) is 0 Å². The van der Waals surface area contributed by atoms with Crippen molar-refractivity contribution in [2.24, 2.45) is 5.92 Å². The summed E-state index contributed by atoms with van der Waals surface area (Å²) in [6.45, 7) is 2.02. The van der Waals surface area contributed by atoms with E-state index < -0.39 is 58.2 Å². The van der Waals surface area contributed by atoms with E-state index >= 15 is 0 Å². The number of rotatable bonds is 8. The average molecular weight is 540 g/mol. The van der Waals surface area contributed by atoms with E-state index in [1.165, 1.54) is 0 Å². The van der Waals surface area contributed by atoms with Gasteiger partial charge in [0, 0.05) is 12.0 Å². The second-order valence-corrected chi connectivity index (χ2v) is 9.31. The van der Waals surface area contributed by atoms with Crippen LogP contribution in [0, 0.1) is 40.8 Å². The minimum Gasteiger partial charge on any atom is -0.429 e. The Morgan fingerprint density at radius 3 is 2.08 bits per heavy atom. The second kappa shape index (κ2) is 11.2. The van der Waals surface area contributed by atoms with Crippen molar-refractivity contribution in [3.63, 3.8) is 0 Å². The van der Waals surface area contributed by atoms with E-state index in [0.717, 1.165) is 49.2 Å². The summed E-state index contributed by atoms with van der Waals surface area (Å²) in [6, 6.07) is 6.21. The highest BCUT2D eigenvalue weighted by Crippen LogP contribution is 2.39. The van der Waals surface area contributed by atoms with Crippen LogP contribution in [0.5, 0.6) is 5.75 Å². The highest BCUT2D eigenvalue weighted by molar-refractivity contribution is 5.35. The molecule has 0 heterocycles. The van der Waals surface area contributed by atoms with Gasteiger partial charge in [-0.1, -0.05) is 31.2 Å². The van der Waals surface area contributed by atoms with Crippen molar-refractivity contribution in [3.05, 3.63) is 112 Å². The molecule has 0 aromatic heterocycles. The van der Waals surface area contributed by atoms with E-state index in [1.54, 1.807) is 6.08 Å². The minimum atomic E-state index is -4.31. The molecule has 4 rings (SSSR count). The highest BCUT2D eigenvalue weighted by Gasteiger charge is 2.40. The second-order valence-electron chi connectivity index (χ2n) is 9.31. The maximum atomic E-state index is 14.8. The van der Waals surface area contributed by atoms with E-state index in [4.69, 9.17) is 0 Å². The molecule has 0 amide bonds. The molecule has 0 saturated carbocycles. The molecule has 0 fully saturated rings. The first-order valence-electron chi connectivity index (χ1n) is 12.2. The smallest absolute Gasteiger partial charge is 0.429 e. The van der Waals surface area contributed by atoms with Crippen LogP contribution in [0.1, 0.15) is 54.4 Å². The van der Waals surface area contributed by atoms with Crippen LogP contribution in [0.15, 0.2) is 54.6 Å². The monoisotopic (exact) mass is 540 g/mol. The zero-order valence-electron chi connectivity index (χ0n) is 20.3. The molecule has 3 aromatic rings. The molecule has 0 spiro atoms. The van der Waals surface area contributed by atoms with Crippen LogP contribution < -0.4 is 4.74 Å². The topological polar surface area (TPSA) is 9.23 Å². The SMILES string of the molecule is CCC1C=CC(c2ccc(C(F)(F)Oc3ccc(CCc4cc(F)c(F)c(F)c4)c(F)c3)c(F)c2F)CC1. The Hall–Kier alpha value is -3.36. The van der Waals surface area contributed by atoms with Gasteiger partial charge in [0.05, 0.1) is 0 Å².